The molecule has 0 fully saturated rings. The third kappa shape index (κ3) is 3.71. The van der Waals surface area contributed by atoms with Crippen LogP contribution in [0.3, 0.4) is 0 Å². The van der Waals surface area contributed by atoms with Gasteiger partial charge in [0.1, 0.15) is 0 Å². The van der Waals surface area contributed by atoms with Crippen LogP contribution < -0.4 is 5.32 Å². The standard InChI is InChI=1S/C17H25N/c1-14(2)17(15-9-5-3-6-10-15)13-18-16-11-7-4-8-12-16/h3-7,9-10,14,16-18H,8,11-13H2,1-2H3. The topological polar surface area (TPSA) is 12.0 Å². The van der Waals surface area contributed by atoms with Crippen LogP contribution in [0.5, 0.6) is 0 Å². The van der Waals surface area contributed by atoms with E-state index in [0.717, 1.165) is 6.54 Å². The Morgan fingerprint density at radius 1 is 1.17 bits per heavy atom. The Bertz CT molecular complexity index is 366. The van der Waals surface area contributed by atoms with Gasteiger partial charge in [0.25, 0.3) is 0 Å². The van der Waals surface area contributed by atoms with Crippen LogP contribution in [-0.2, 0) is 0 Å². The van der Waals surface area contributed by atoms with E-state index in [2.05, 4.69) is 61.6 Å². The lowest BCUT2D eigenvalue weighted by Gasteiger charge is -2.26. The predicted molar refractivity (Wildman–Crippen MR) is 78.8 cm³/mol. The average molecular weight is 243 g/mol. The molecule has 1 aromatic rings. The van der Waals surface area contributed by atoms with Crippen molar-refractivity contribution in [2.24, 2.45) is 5.92 Å². The molecule has 1 nitrogen and oxygen atoms in total. The maximum Gasteiger partial charge on any atom is 0.0105 e. The van der Waals surface area contributed by atoms with Gasteiger partial charge in [0.15, 0.2) is 0 Å². The summed E-state index contributed by atoms with van der Waals surface area (Å²) in [6.07, 6.45) is 8.33. The summed E-state index contributed by atoms with van der Waals surface area (Å²) in [7, 11) is 0. The highest BCUT2D eigenvalue weighted by molar-refractivity contribution is 5.20. The molecule has 18 heavy (non-hydrogen) atoms. The van der Waals surface area contributed by atoms with Crippen LogP contribution >= 0.6 is 0 Å². The van der Waals surface area contributed by atoms with E-state index in [4.69, 9.17) is 0 Å². The molecule has 2 rings (SSSR count). The molecule has 1 heteroatoms. The number of allylic oxidation sites excluding steroid dienone is 1. The number of hydrogen-bond donors (Lipinski definition) is 1. The lowest BCUT2D eigenvalue weighted by atomic mass is 9.88. The van der Waals surface area contributed by atoms with Crippen LogP contribution in [0.4, 0.5) is 0 Å². The highest BCUT2D eigenvalue weighted by Gasteiger charge is 2.17. The maximum absolute atomic E-state index is 3.75. The van der Waals surface area contributed by atoms with Gasteiger partial charge in [-0.2, -0.15) is 0 Å². The SMILES string of the molecule is CC(C)C(CNC1CC=CCC1)c1ccccc1. The van der Waals surface area contributed by atoms with Gasteiger partial charge < -0.3 is 5.32 Å². The van der Waals surface area contributed by atoms with E-state index in [0.29, 0.717) is 17.9 Å². The van der Waals surface area contributed by atoms with Crippen LogP contribution in [0.25, 0.3) is 0 Å². The van der Waals surface area contributed by atoms with Gasteiger partial charge in [0.2, 0.25) is 0 Å². The first-order chi connectivity index (χ1) is 8.77. The number of hydrogen-bond acceptors (Lipinski definition) is 1. The molecular formula is C17H25N. The highest BCUT2D eigenvalue weighted by atomic mass is 14.9. The van der Waals surface area contributed by atoms with Gasteiger partial charge >= 0.3 is 0 Å². The maximum atomic E-state index is 3.75. The monoisotopic (exact) mass is 243 g/mol. The Labute approximate surface area is 111 Å². The van der Waals surface area contributed by atoms with E-state index >= 15 is 0 Å². The number of nitrogens with one attached hydrogen (secondary N) is 1. The molecule has 0 saturated carbocycles. The van der Waals surface area contributed by atoms with Gasteiger partial charge in [-0.05, 0) is 36.7 Å². The fraction of sp³-hybridized carbons (Fsp3) is 0.529. The first kappa shape index (κ1) is 13.4. The molecule has 98 valence electrons. The fourth-order valence-corrected chi connectivity index (χ4v) is 2.71. The molecule has 0 saturated heterocycles. The molecular weight excluding hydrogens is 218 g/mol. The van der Waals surface area contributed by atoms with Crippen molar-refractivity contribution in [3.8, 4) is 0 Å². The molecule has 1 aliphatic rings. The van der Waals surface area contributed by atoms with Crippen molar-refractivity contribution in [1.82, 2.24) is 5.32 Å². The normalized spacial score (nSPS) is 21.2. The average Bonchev–Trinajstić information content (AvgIpc) is 2.41. The molecule has 0 spiro atoms. The summed E-state index contributed by atoms with van der Waals surface area (Å²) in [5.41, 5.74) is 1.46. The van der Waals surface area contributed by atoms with Crippen LogP contribution in [-0.4, -0.2) is 12.6 Å². The minimum Gasteiger partial charge on any atom is -0.313 e. The molecule has 0 amide bonds. The second-order valence-corrected chi connectivity index (χ2v) is 5.65. The first-order valence-corrected chi connectivity index (χ1v) is 7.20. The van der Waals surface area contributed by atoms with Crippen LogP contribution in [0.2, 0.25) is 0 Å². The molecule has 0 bridgehead atoms. The van der Waals surface area contributed by atoms with E-state index in [1.165, 1.54) is 24.8 Å². The second-order valence-electron chi connectivity index (χ2n) is 5.65. The fourth-order valence-electron chi connectivity index (χ4n) is 2.71. The number of benzene rings is 1. The van der Waals surface area contributed by atoms with Gasteiger partial charge in [-0.25, -0.2) is 0 Å². The van der Waals surface area contributed by atoms with Crippen molar-refractivity contribution in [3.63, 3.8) is 0 Å². The highest BCUT2D eigenvalue weighted by Crippen LogP contribution is 2.24. The second kappa shape index (κ2) is 6.75. The molecule has 0 aromatic heterocycles. The zero-order valence-corrected chi connectivity index (χ0v) is 11.6. The van der Waals surface area contributed by atoms with Gasteiger partial charge in [-0.15, -0.1) is 0 Å². The van der Waals surface area contributed by atoms with Gasteiger partial charge in [-0.3, -0.25) is 0 Å². The Hall–Kier alpha value is -1.08. The Morgan fingerprint density at radius 3 is 2.56 bits per heavy atom. The van der Waals surface area contributed by atoms with Crippen molar-refractivity contribution < 1.29 is 0 Å². The van der Waals surface area contributed by atoms with Crippen LogP contribution in [0.1, 0.15) is 44.6 Å². The van der Waals surface area contributed by atoms with Gasteiger partial charge in [0, 0.05) is 12.6 Å². The summed E-state index contributed by atoms with van der Waals surface area (Å²) in [6, 6.07) is 11.6. The third-order valence-corrected chi connectivity index (χ3v) is 3.93. The van der Waals surface area contributed by atoms with E-state index < -0.39 is 0 Å². The van der Waals surface area contributed by atoms with E-state index in [9.17, 15) is 0 Å². The predicted octanol–water partition coefficient (Wildman–Crippen LogP) is 4.12. The Kier molecular flexibility index (Phi) is 5.00. The summed E-state index contributed by atoms with van der Waals surface area (Å²) in [6.45, 7) is 5.74. The van der Waals surface area contributed by atoms with Gasteiger partial charge in [-0.1, -0.05) is 56.3 Å². The smallest absolute Gasteiger partial charge is 0.0105 e. The van der Waals surface area contributed by atoms with Crippen LogP contribution in [0, 0.1) is 5.92 Å². The molecule has 0 heterocycles. The lowest BCUT2D eigenvalue weighted by Crippen LogP contribution is -2.34. The largest absolute Gasteiger partial charge is 0.313 e. The summed E-state index contributed by atoms with van der Waals surface area (Å²) in [4.78, 5) is 0. The van der Waals surface area contributed by atoms with Crippen LogP contribution in [0.15, 0.2) is 42.5 Å². The molecule has 0 aliphatic heterocycles. The van der Waals surface area contributed by atoms with E-state index in [1.807, 2.05) is 0 Å². The molecule has 0 radical (unpaired) electrons. The van der Waals surface area contributed by atoms with Crippen molar-refractivity contribution in [2.45, 2.75) is 45.1 Å². The zero-order chi connectivity index (χ0) is 12.8. The molecule has 1 aliphatic carbocycles. The van der Waals surface area contributed by atoms with Crippen molar-refractivity contribution >= 4 is 0 Å². The zero-order valence-electron chi connectivity index (χ0n) is 11.6. The third-order valence-electron chi connectivity index (χ3n) is 3.93. The molecule has 2 unspecified atom stereocenters. The lowest BCUT2D eigenvalue weighted by molar-refractivity contribution is 0.405. The Balaban J connectivity index is 1.93. The molecule has 1 N–H and O–H groups in total. The minimum absolute atomic E-state index is 0.622. The molecule has 1 aromatic carbocycles. The van der Waals surface area contributed by atoms with E-state index in [-0.39, 0.29) is 0 Å². The summed E-state index contributed by atoms with van der Waals surface area (Å²) in [5.74, 6) is 1.30. The summed E-state index contributed by atoms with van der Waals surface area (Å²) < 4.78 is 0. The number of rotatable bonds is 5. The van der Waals surface area contributed by atoms with Crippen molar-refractivity contribution in [3.05, 3.63) is 48.0 Å². The van der Waals surface area contributed by atoms with Gasteiger partial charge in [0.05, 0.1) is 0 Å². The first-order valence-electron chi connectivity index (χ1n) is 7.20. The minimum atomic E-state index is 0.622. The summed E-state index contributed by atoms with van der Waals surface area (Å²) in [5, 5.41) is 3.75. The van der Waals surface area contributed by atoms with Crippen molar-refractivity contribution in [1.29, 1.82) is 0 Å². The Morgan fingerprint density at radius 2 is 1.94 bits per heavy atom. The van der Waals surface area contributed by atoms with Crippen molar-refractivity contribution in [2.75, 3.05) is 6.54 Å². The molecule has 2 atom stereocenters. The van der Waals surface area contributed by atoms with E-state index in [1.54, 1.807) is 0 Å². The summed E-state index contributed by atoms with van der Waals surface area (Å²) >= 11 is 0. The quantitative estimate of drug-likeness (QED) is 0.767.